The molecule has 2 nitrogen and oxygen atoms in total. The van der Waals surface area contributed by atoms with Crippen LogP contribution in [0.3, 0.4) is 0 Å². The minimum absolute atomic E-state index is 0.121. The van der Waals surface area contributed by atoms with Gasteiger partial charge in [-0.2, -0.15) is 0 Å². The van der Waals surface area contributed by atoms with Crippen molar-refractivity contribution < 1.29 is 9.84 Å². The second kappa shape index (κ2) is 6.33. The Balaban J connectivity index is 2.31. The van der Waals surface area contributed by atoms with Crippen LogP contribution in [0.5, 0.6) is 11.5 Å². The number of halogens is 4. The van der Waals surface area contributed by atoms with E-state index in [1.165, 1.54) is 0 Å². The van der Waals surface area contributed by atoms with Crippen molar-refractivity contribution in [2.75, 3.05) is 0 Å². The Bertz CT molecular complexity index is 617. The predicted molar refractivity (Wildman–Crippen MR) is 81.6 cm³/mol. The molecule has 0 aliphatic rings. The van der Waals surface area contributed by atoms with Gasteiger partial charge in [0.25, 0.3) is 0 Å². The van der Waals surface area contributed by atoms with Gasteiger partial charge in [-0.3, -0.25) is 0 Å². The number of aliphatic hydroxyl groups is 1. The fourth-order valence-electron chi connectivity index (χ4n) is 1.43. The van der Waals surface area contributed by atoms with Gasteiger partial charge in [0.1, 0.15) is 11.5 Å². The van der Waals surface area contributed by atoms with Gasteiger partial charge in [-0.05, 0) is 39.7 Å². The monoisotopic (exact) mass is 380 g/mol. The molecule has 0 aromatic heterocycles. The van der Waals surface area contributed by atoms with E-state index in [-0.39, 0.29) is 6.61 Å². The zero-order chi connectivity index (χ0) is 14.0. The van der Waals surface area contributed by atoms with Crippen LogP contribution in [0.1, 0.15) is 5.56 Å². The predicted octanol–water partition coefficient (Wildman–Crippen LogP) is 5.69. The SMILES string of the molecule is OCc1ccc(Oc2cc(Cl)c(Br)cc2Cl)cc1Cl. The quantitative estimate of drug-likeness (QED) is 0.691. The van der Waals surface area contributed by atoms with Crippen molar-refractivity contribution in [1.29, 1.82) is 0 Å². The fraction of sp³-hybridized carbons (Fsp3) is 0.0769. The van der Waals surface area contributed by atoms with E-state index in [2.05, 4.69) is 15.9 Å². The van der Waals surface area contributed by atoms with Crippen LogP contribution in [0.2, 0.25) is 15.1 Å². The molecule has 0 spiro atoms. The van der Waals surface area contributed by atoms with Crippen LogP contribution in [0.15, 0.2) is 34.8 Å². The molecule has 0 unspecified atom stereocenters. The third kappa shape index (κ3) is 3.56. The van der Waals surface area contributed by atoms with Crippen molar-refractivity contribution in [3.63, 3.8) is 0 Å². The van der Waals surface area contributed by atoms with Gasteiger partial charge in [0, 0.05) is 15.6 Å². The molecule has 0 aliphatic heterocycles. The lowest BCUT2D eigenvalue weighted by Crippen LogP contribution is -1.89. The third-order valence-electron chi connectivity index (χ3n) is 2.40. The third-order valence-corrected chi connectivity index (χ3v) is 4.24. The average Bonchev–Trinajstić information content (AvgIpc) is 2.36. The zero-order valence-electron chi connectivity index (χ0n) is 9.46. The minimum Gasteiger partial charge on any atom is -0.456 e. The second-order valence-corrected chi connectivity index (χ2v) is 5.79. The van der Waals surface area contributed by atoms with Crippen molar-refractivity contribution in [3.8, 4) is 11.5 Å². The Kier molecular flexibility index (Phi) is 4.98. The normalized spacial score (nSPS) is 10.6. The summed E-state index contributed by atoms with van der Waals surface area (Å²) in [5.74, 6) is 0.949. The van der Waals surface area contributed by atoms with E-state index in [1.54, 1.807) is 30.3 Å². The molecule has 0 saturated carbocycles. The van der Waals surface area contributed by atoms with Gasteiger partial charge < -0.3 is 9.84 Å². The fourth-order valence-corrected chi connectivity index (χ4v) is 2.49. The van der Waals surface area contributed by atoms with Crippen molar-refractivity contribution in [2.24, 2.45) is 0 Å². The molecule has 6 heteroatoms. The smallest absolute Gasteiger partial charge is 0.147 e. The van der Waals surface area contributed by atoms with E-state index in [4.69, 9.17) is 44.6 Å². The lowest BCUT2D eigenvalue weighted by Gasteiger charge is -2.10. The van der Waals surface area contributed by atoms with Crippen LogP contribution in [0, 0.1) is 0 Å². The van der Waals surface area contributed by atoms with Crippen LogP contribution in [0.25, 0.3) is 0 Å². The Hall–Kier alpha value is -0.450. The molecule has 0 saturated heterocycles. The zero-order valence-corrected chi connectivity index (χ0v) is 13.3. The maximum atomic E-state index is 9.04. The molecule has 0 heterocycles. The number of benzene rings is 2. The number of hydrogen-bond acceptors (Lipinski definition) is 2. The van der Waals surface area contributed by atoms with E-state index >= 15 is 0 Å². The highest BCUT2D eigenvalue weighted by Gasteiger charge is 2.09. The number of aliphatic hydroxyl groups excluding tert-OH is 1. The van der Waals surface area contributed by atoms with Crippen LogP contribution in [-0.4, -0.2) is 5.11 Å². The molecule has 2 rings (SSSR count). The van der Waals surface area contributed by atoms with Gasteiger partial charge in [0.15, 0.2) is 0 Å². The first kappa shape index (κ1) is 14.9. The molecule has 0 bridgehead atoms. The highest BCUT2D eigenvalue weighted by Crippen LogP contribution is 2.37. The summed E-state index contributed by atoms with van der Waals surface area (Å²) in [6, 6.07) is 8.26. The standard InChI is InChI=1S/C13H8BrCl3O2/c14-9-4-12(17)13(5-11(9)16)19-8-2-1-7(6-18)10(15)3-8/h1-5,18H,6H2. The summed E-state index contributed by atoms with van der Waals surface area (Å²) in [4.78, 5) is 0. The van der Waals surface area contributed by atoms with Crippen LogP contribution < -0.4 is 4.74 Å². The Morgan fingerprint density at radius 1 is 1.00 bits per heavy atom. The van der Waals surface area contributed by atoms with Crippen LogP contribution >= 0.6 is 50.7 Å². The summed E-state index contributed by atoms with van der Waals surface area (Å²) >= 11 is 21.3. The number of hydrogen-bond donors (Lipinski definition) is 1. The molecule has 2 aromatic carbocycles. The molecule has 0 radical (unpaired) electrons. The highest BCUT2D eigenvalue weighted by atomic mass is 79.9. The first-order valence-electron chi connectivity index (χ1n) is 5.23. The lowest BCUT2D eigenvalue weighted by atomic mass is 10.2. The Morgan fingerprint density at radius 2 is 1.74 bits per heavy atom. The maximum Gasteiger partial charge on any atom is 0.147 e. The van der Waals surface area contributed by atoms with Crippen LogP contribution in [-0.2, 0) is 6.61 Å². The van der Waals surface area contributed by atoms with Gasteiger partial charge in [0.05, 0.1) is 16.7 Å². The molecule has 1 N–H and O–H groups in total. The molecular weight excluding hydrogens is 374 g/mol. The molecular formula is C13H8BrCl3O2. The Labute approximate surface area is 134 Å². The summed E-state index contributed by atoms with van der Waals surface area (Å²) in [5.41, 5.74) is 0.633. The van der Waals surface area contributed by atoms with Gasteiger partial charge in [-0.25, -0.2) is 0 Å². The van der Waals surface area contributed by atoms with Crippen molar-refractivity contribution in [3.05, 3.63) is 55.4 Å². The average molecular weight is 382 g/mol. The molecule has 0 fully saturated rings. The van der Waals surface area contributed by atoms with Crippen molar-refractivity contribution >= 4 is 50.7 Å². The lowest BCUT2D eigenvalue weighted by molar-refractivity contribution is 0.282. The Morgan fingerprint density at radius 3 is 2.37 bits per heavy atom. The molecule has 0 aliphatic carbocycles. The molecule has 100 valence electrons. The van der Waals surface area contributed by atoms with Crippen molar-refractivity contribution in [1.82, 2.24) is 0 Å². The first-order valence-corrected chi connectivity index (χ1v) is 7.15. The van der Waals surface area contributed by atoms with Gasteiger partial charge in [0.2, 0.25) is 0 Å². The van der Waals surface area contributed by atoms with E-state index in [0.717, 1.165) is 0 Å². The molecule has 19 heavy (non-hydrogen) atoms. The largest absolute Gasteiger partial charge is 0.456 e. The molecule has 0 amide bonds. The molecule has 2 aromatic rings. The number of ether oxygens (including phenoxy) is 1. The second-order valence-electron chi connectivity index (χ2n) is 3.71. The summed E-state index contributed by atoms with van der Waals surface area (Å²) in [6.45, 7) is -0.121. The van der Waals surface area contributed by atoms with E-state index in [9.17, 15) is 0 Å². The maximum absolute atomic E-state index is 9.04. The first-order chi connectivity index (χ1) is 9.01. The van der Waals surface area contributed by atoms with Gasteiger partial charge in [-0.1, -0.05) is 40.9 Å². The molecule has 0 atom stereocenters. The van der Waals surface area contributed by atoms with Crippen molar-refractivity contribution in [2.45, 2.75) is 6.61 Å². The van der Waals surface area contributed by atoms with E-state index in [1.807, 2.05) is 0 Å². The van der Waals surface area contributed by atoms with E-state index < -0.39 is 0 Å². The number of rotatable bonds is 3. The van der Waals surface area contributed by atoms with Gasteiger partial charge >= 0.3 is 0 Å². The van der Waals surface area contributed by atoms with E-state index in [0.29, 0.717) is 36.6 Å². The highest BCUT2D eigenvalue weighted by molar-refractivity contribution is 9.10. The topological polar surface area (TPSA) is 29.5 Å². The van der Waals surface area contributed by atoms with Crippen LogP contribution in [0.4, 0.5) is 0 Å². The summed E-state index contributed by atoms with van der Waals surface area (Å²) in [7, 11) is 0. The summed E-state index contributed by atoms with van der Waals surface area (Å²) in [5, 5.41) is 10.4. The summed E-state index contributed by atoms with van der Waals surface area (Å²) < 4.78 is 6.32. The summed E-state index contributed by atoms with van der Waals surface area (Å²) in [6.07, 6.45) is 0. The van der Waals surface area contributed by atoms with Gasteiger partial charge in [-0.15, -0.1) is 0 Å². The minimum atomic E-state index is -0.121.